The van der Waals surface area contributed by atoms with Crippen molar-refractivity contribution in [1.29, 1.82) is 0 Å². The van der Waals surface area contributed by atoms with Crippen LogP contribution in [0.2, 0.25) is 0 Å². The second-order valence-electron chi connectivity index (χ2n) is 8.43. The van der Waals surface area contributed by atoms with Gasteiger partial charge >= 0.3 is 0 Å². The summed E-state index contributed by atoms with van der Waals surface area (Å²) in [7, 11) is 0. The zero-order valence-corrected chi connectivity index (χ0v) is 18.2. The van der Waals surface area contributed by atoms with Crippen molar-refractivity contribution in [3.8, 4) is 0 Å². The van der Waals surface area contributed by atoms with Crippen LogP contribution in [0, 0.1) is 5.92 Å². The fourth-order valence-corrected chi connectivity index (χ4v) is 4.84. The molecular weight excluding hydrogens is 378 g/mol. The number of aryl methyl sites for hydroxylation is 1. The Hall–Kier alpha value is -2.41. The maximum atomic E-state index is 13.2. The molecule has 2 fully saturated rings. The van der Waals surface area contributed by atoms with Crippen molar-refractivity contribution in [3.05, 3.63) is 34.6 Å². The molecule has 30 heavy (non-hydrogen) atoms. The van der Waals surface area contributed by atoms with Crippen molar-refractivity contribution in [2.24, 2.45) is 5.92 Å². The number of fused-ring (bicyclic) bond motifs is 1. The lowest BCUT2D eigenvalue weighted by Crippen LogP contribution is -2.53. The minimum atomic E-state index is -0.0579. The molecule has 2 aliphatic rings. The molecular formula is C23H33N5O2. The smallest absolute Gasteiger partial charge is 0.293 e. The number of hydrogen-bond acceptors (Lipinski definition) is 5. The monoisotopic (exact) mass is 411 g/mol. The predicted octanol–water partition coefficient (Wildman–Crippen LogP) is 2.19. The van der Waals surface area contributed by atoms with E-state index < -0.39 is 0 Å². The molecule has 1 aromatic heterocycles. The highest BCUT2D eigenvalue weighted by molar-refractivity contribution is 5.80. The molecule has 7 heteroatoms. The summed E-state index contributed by atoms with van der Waals surface area (Å²) in [5.74, 6) is 0.674. The van der Waals surface area contributed by atoms with Crippen LogP contribution in [0.15, 0.2) is 29.1 Å². The Balaban J connectivity index is 1.51. The lowest BCUT2D eigenvalue weighted by Gasteiger charge is -2.39. The molecule has 3 heterocycles. The van der Waals surface area contributed by atoms with Crippen LogP contribution in [-0.4, -0.2) is 71.1 Å². The molecule has 1 atom stereocenters. The lowest BCUT2D eigenvalue weighted by molar-refractivity contribution is -0.137. The molecule has 0 radical (unpaired) electrons. The van der Waals surface area contributed by atoms with Crippen molar-refractivity contribution in [2.75, 3.05) is 50.7 Å². The number of aromatic nitrogens is 2. The summed E-state index contributed by atoms with van der Waals surface area (Å²) < 4.78 is 1.79. The summed E-state index contributed by atoms with van der Waals surface area (Å²) in [6.07, 6.45) is 2.95. The van der Waals surface area contributed by atoms with E-state index in [1.807, 2.05) is 41.0 Å². The number of rotatable bonds is 5. The SMILES string of the molecule is CCCN1CCN(C(=O)C2CCCN(c3nc4ccccc4n(CC)c3=O)C2)CC1. The van der Waals surface area contributed by atoms with Gasteiger partial charge in [0.2, 0.25) is 5.91 Å². The van der Waals surface area contributed by atoms with E-state index in [0.717, 1.165) is 69.6 Å². The maximum Gasteiger partial charge on any atom is 0.293 e. The van der Waals surface area contributed by atoms with Crippen LogP contribution in [0.4, 0.5) is 5.82 Å². The maximum absolute atomic E-state index is 13.2. The number of amides is 1. The fourth-order valence-electron chi connectivity index (χ4n) is 4.84. The van der Waals surface area contributed by atoms with Gasteiger partial charge in [0.15, 0.2) is 5.82 Å². The van der Waals surface area contributed by atoms with Crippen molar-refractivity contribution >= 4 is 22.8 Å². The predicted molar refractivity (Wildman–Crippen MR) is 120 cm³/mol. The molecule has 1 aromatic carbocycles. The van der Waals surface area contributed by atoms with Gasteiger partial charge in [0, 0.05) is 45.8 Å². The first-order valence-corrected chi connectivity index (χ1v) is 11.4. The molecule has 0 saturated carbocycles. The molecule has 0 N–H and O–H groups in total. The molecule has 1 unspecified atom stereocenters. The van der Waals surface area contributed by atoms with Crippen molar-refractivity contribution in [1.82, 2.24) is 19.4 Å². The fraction of sp³-hybridized carbons (Fsp3) is 0.609. The molecule has 0 bridgehead atoms. The van der Waals surface area contributed by atoms with Crippen molar-refractivity contribution < 1.29 is 4.79 Å². The molecule has 7 nitrogen and oxygen atoms in total. The number of para-hydroxylation sites is 2. The molecule has 162 valence electrons. The van der Waals surface area contributed by atoms with Crippen LogP contribution in [-0.2, 0) is 11.3 Å². The number of anilines is 1. The third-order valence-electron chi connectivity index (χ3n) is 6.45. The molecule has 2 aliphatic heterocycles. The Kier molecular flexibility index (Phi) is 6.37. The van der Waals surface area contributed by atoms with E-state index in [2.05, 4.69) is 11.8 Å². The number of nitrogens with zero attached hydrogens (tertiary/aromatic N) is 5. The zero-order chi connectivity index (χ0) is 21.1. The van der Waals surface area contributed by atoms with Gasteiger partial charge in [-0.05, 0) is 44.9 Å². The summed E-state index contributed by atoms with van der Waals surface area (Å²) in [5.41, 5.74) is 1.63. The van der Waals surface area contributed by atoms with Crippen LogP contribution in [0.5, 0.6) is 0 Å². The summed E-state index contributed by atoms with van der Waals surface area (Å²) in [4.78, 5) is 37.5. The first-order chi connectivity index (χ1) is 14.6. The van der Waals surface area contributed by atoms with Gasteiger partial charge in [0.25, 0.3) is 5.56 Å². The van der Waals surface area contributed by atoms with Crippen LogP contribution in [0.25, 0.3) is 11.0 Å². The summed E-state index contributed by atoms with van der Waals surface area (Å²) in [6, 6.07) is 7.78. The normalized spacial score (nSPS) is 20.7. The van der Waals surface area contributed by atoms with Gasteiger partial charge in [-0.3, -0.25) is 14.5 Å². The molecule has 2 saturated heterocycles. The second kappa shape index (κ2) is 9.16. The largest absolute Gasteiger partial charge is 0.351 e. The molecule has 0 aliphatic carbocycles. The first kappa shape index (κ1) is 20.8. The Labute approximate surface area is 178 Å². The van der Waals surface area contributed by atoms with E-state index in [9.17, 15) is 9.59 Å². The lowest BCUT2D eigenvalue weighted by atomic mass is 9.96. The van der Waals surface area contributed by atoms with Crippen LogP contribution < -0.4 is 10.5 Å². The van der Waals surface area contributed by atoms with Crippen LogP contribution >= 0.6 is 0 Å². The number of piperazine rings is 1. The van der Waals surface area contributed by atoms with Gasteiger partial charge in [-0.25, -0.2) is 4.98 Å². The number of carbonyl (C=O) groups excluding carboxylic acids is 1. The van der Waals surface area contributed by atoms with Gasteiger partial charge in [0.1, 0.15) is 0 Å². The van der Waals surface area contributed by atoms with Gasteiger partial charge in [-0.2, -0.15) is 0 Å². The van der Waals surface area contributed by atoms with E-state index in [4.69, 9.17) is 4.98 Å². The van der Waals surface area contributed by atoms with E-state index in [0.29, 0.717) is 18.9 Å². The minimum absolute atomic E-state index is 0.0563. The second-order valence-corrected chi connectivity index (χ2v) is 8.43. The van der Waals surface area contributed by atoms with Gasteiger partial charge < -0.3 is 14.4 Å². The molecule has 0 spiro atoms. The van der Waals surface area contributed by atoms with Crippen LogP contribution in [0.3, 0.4) is 0 Å². The highest BCUT2D eigenvalue weighted by Crippen LogP contribution is 2.23. The average Bonchev–Trinajstić information content (AvgIpc) is 2.79. The minimum Gasteiger partial charge on any atom is -0.351 e. The third kappa shape index (κ3) is 4.08. The highest BCUT2D eigenvalue weighted by atomic mass is 16.2. The molecule has 4 rings (SSSR count). The number of piperidine rings is 1. The standard InChI is InChI=1S/C23H33N5O2/c1-3-11-25-13-15-26(16-14-25)22(29)18-8-7-12-27(17-18)21-23(30)28(4-2)20-10-6-5-9-19(20)24-21/h5-6,9-10,18H,3-4,7-8,11-17H2,1-2H3. The Morgan fingerprint density at radius 1 is 1.10 bits per heavy atom. The third-order valence-corrected chi connectivity index (χ3v) is 6.45. The quantitative estimate of drug-likeness (QED) is 0.755. The van der Waals surface area contributed by atoms with Gasteiger partial charge in [-0.15, -0.1) is 0 Å². The van der Waals surface area contributed by atoms with E-state index in [1.165, 1.54) is 0 Å². The number of carbonyl (C=O) groups is 1. The Bertz CT molecular complexity index is 948. The van der Waals surface area contributed by atoms with Crippen molar-refractivity contribution in [3.63, 3.8) is 0 Å². The zero-order valence-electron chi connectivity index (χ0n) is 18.2. The van der Waals surface area contributed by atoms with E-state index >= 15 is 0 Å². The Morgan fingerprint density at radius 3 is 2.60 bits per heavy atom. The van der Waals surface area contributed by atoms with Gasteiger partial charge in [-0.1, -0.05) is 19.1 Å². The summed E-state index contributed by atoms with van der Waals surface area (Å²) in [6.45, 7) is 10.8. The summed E-state index contributed by atoms with van der Waals surface area (Å²) in [5, 5.41) is 0. The molecule has 1 amide bonds. The summed E-state index contributed by atoms with van der Waals surface area (Å²) >= 11 is 0. The first-order valence-electron chi connectivity index (χ1n) is 11.4. The molecule has 2 aromatic rings. The van der Waals surface area contributed by atoms with Crippen LogP contribution in [0.1, 0.15) is 33.1 Å². The van der Waals surface area contributed by atoms with Gasteiger partial charge in [0.05, 0.1) is 17.0 Å². The number of benzene rings is 1. The van der Waals surface area contributed by atoms with E-state index in [-0.39, 0.29) is 17.4 Å². The Morgan fingerprint density at radius 2 is 1.87 bits per heavy atom. The van der Waals surface area contributed by atoms with Crippen molar-refractivity contribution in [2.45, 2.75) is 39.7 Å². The number of hydrogen-bond donors (Lipinski definition) is 0. The average molecular weight is 412 g/mol. The highest BCUT2D eigenvalue weighted by Gasteiger charge is 2.32. The van der Waals surface area contributed by atoms with E-state index in [1.54, 1.807) is 4.57 Å². The topological polar surface area (TPSA) is 61.7 Å².